The van der Waals surface area contributed by atoms with Crippen LogP contribution in [0, 0.1) is 5.92 Å². The zero-order chi connectivity index (χ0) is 17.1. The summed E-state index contributed by atoms with van der Waals surface area (Å²) in [7, 11) is 1.79. The average molecular weight is 357 g/mol. The number of amides is 2. The number of carbonyl (C=O) groups excluding carboxylic acids is 2. The maximum absolute atomic E-state index is 12.7. The van der Waals surface area contributed by atoms with Crippen LogP contribution in [0.2, 0.25) is 0 Å². The minimum atomic E-state index is -0.0273. The SMILES string of the molecule is CN1CC(C(=O)N2CCC(OC3CCCC(Cl)C3)CC2)CCC1=O. The number of piperidine rings is 2. The van der Waals surface area contributed by atoms with Crippen LogP contribution in [0.5, 0.6) is 0 Å². The summed E-state index contributed by atoms with van der Waals surface area (Å²) in [6.45, 7) is 2.11. The second-order valence-corrected chi connectivity index (χ2v) is 8.17. The van der Waals surface area contributed by atoms with Gasteiger partial charge in [-0.1, -0.05) is 0 Å². The van der Waals surface area contributed by atoms with Crippen molar-refractivity contribution < 1.29 is 14.3 Å². The van der Waals surface area contributed by atoms with E-state index in [4.69, 9.17) is 16.3 Å². The molecule has 6 heteroatoms. The van der Waals surface area contributed by atoms with Gasteiger partial charge in [0.15, 0.2) is 0 Å². The van der Waals surface area contributed by atoms with Gasteiger partial charge in [-0.25, -0.2) is 0 Å². The molecule has 24 heavy (non-hydrogen) atoms. The van der Waals surface area contributed by atoms with E-state index in [-0.39, 0.29) is 29.2 Å². The van der Waals surface area contributed by atoms with Gasteiger partial charge in [0.25, 0.3) is 0 Å². The van der Waals surface area contributed by atoms with E-state index in [1.54, 1.807) is 11.9 Å². The van der Waals surface area contributed by atoms with Gasteiger partial charge in [-0.2, -0.15) is 0 Å². The van der Waals surface area contributed by atoms with E-state index in [1.165, 1.54) is 0 Å². The van der Waals surface area contributed by atoms with Crippen molar-refractivity contribution in [1.29, 1.82) is 0 Å². The normalized spacial score (nSPS) is 32.9. The number of nitrogens with zero attached hydrogens (tertiary/aromatic N) is 2. The monoisotopic (exact) mass is 356 g/mol. The molecular weight excluding hydrogens is 328 g/mol. The number of rotatable bonds is 3. The van der Waals surface area contributed by atoms with Gasteiger partial charge in [0.2, 0.25) is 11.8 Å². The van der Waals surface area contributed by atoms with Crippen LogP contribution >= 0.6 is 11.6 Å². The molecule has 0 bridgehead atoms. The lowest BCUT2D eigenvalue weighted by Crippen LogP contribution is -2.49. The lowest BCUT2D eigenvalue weighted by atomic mass is 9.94. The third kappa shape index (κ3) is 4.42. The zero-order valence-corrected chi connectivity index (χ0v) is 15.3. The molecule has 3 unspecified atom stereocenters. The summed E-state index contributed by atoms with van der Waals surface area (Å²) in [5, 5.41) is 0.261. The van der Waals surface area contributed by atoms with Crippen LogP contribution in [-0.4, -0.2) is 65.9 Å². The van der Waals surface area contributed by atoms with Gasteiger partial charge in [0, 0.05) is 38.5 Å². The molecular formula is C18H29ClN2O3. The van der Waals surface area contributed by atoms with Gasteiger partial charge in [0.05, 0.1) is 18.1 Å². The van der Waals surface area contributed by atoms with Crippen molar-refractivity contribution in [3.8, 4) is 0 Å². The molecule has 2 amide bonds. The van der Waals surface area contributed by atoms with Crippen LogP contribution in [0.15, 0.2) is 0 Å². The molecule has 0 aromatic heterocycles. The van der Waals surface area contributed by atoms with Crippen LogP contribution in [-0.2, 0) is 14.3 Å². The van der Waals surface area contributed by atoms with E-state index in [9.17, 15) is 9.59 Å². The fraction of sp³-hybridized carbons (Fsp3) is 0.889. The molecule has 2 saturated heterocycles. The first-order valence-electron chi connectivity index (χ1n) is 9.35. The minimum Gasteiger partial charge on any atom is -0.375 e. The molecule has 5 nitrogen and oxygen atoms in total. The Morgan fingerprint density at radius 2 is 1.88 bits per heavy atom. The van der Waals surface area contributed by atoms with Gasteiger partial charge >= 0.3 is 0 Å². The third-order valence-electron chi connectivity index (χ3n) is 5.68. The number of hydrogen-bond acceptors (Lipinski definition) is 3. The number of hydrogen-bond donors (Lipinski definition) is 0. The van der Waals surface area contributed by atoms with E-state index < -0.39 is 0 Å². The Morgan fingerprint density at radius 1 is 1.12 bits per heavy atom. The van der Waals surface area contributed by atoms with E-state index in [2.05, 4.69) is 0 Å². The van der Waals surface area contributed by atoms with Crippen LogP contribution in [0.3, 0.4) is 0 Å². The van der Waals surface area contributed by atoms with E-state index >= 15 is 0 Å². The molecule has 3 aliphatic rings. The highest BCUT2D eigenvalue weighted by Crippen LogP contribution is 2.28. The second-order valence-electron chi connectivity index (χ2n) is 7.56. The van der Waals surface area contributed by atoms with Crippen molar-refractivity contribution in [2.24, 2.45) is 5.92 Å². The van der Waals surface area contributed by atoms with Crippen LogP contribution < -0.4 is 0 Å². The fourth-order valence-electron chi connectivity index (χ4n) is 4.17. The Bertz CT molecular complexity index is 465. The Balaban J connectivity index is 1.43. The molecule has 3 rings (SSSR count). The van der Waals surface area contributed by atoms with Crippen molar-refractivity contribution in [1.82, 2.24) is 9.80 Å². The molecule has 0 aromatic rings. The van der Waals surface area contributed by atoms with Crippen molar-refractivity contribution in [2.75, 3.05) is 26.7 Å². The summed E-state index contributed by atoms with van der Waals surface area (Å²) in [5.41, 5.74) is 0. The van der Waals surface area contributed by atoms with Crippen LogP contribution in [0.1, 0.15) is 51.4 Å². The van der Waals surface area contributed by atoms with Gasteiger partial charge in [-0.3, -0.25) is 9.59 Å². The molecule has 2 heterocycles. The van der Waals surface area contributed by atoms with Gasteiger partial charge in [-0.15, -0.1) is 11.6 Å². The van der Waals surface area contributed by atoms with E-state index in [0.29, 0.717) is 25.5 Å². The standard InChI is InChI=1S/C18H29ClN2O3/c1-20-12-13(5-6-17(20)22)18(23)21-9-7-15(8-10-21)24-16-4-2-3-14(19)11-16/h13-16H,2-12H2,1H3. The number of likely N-dealkylation sites (tertiary alicyclic amines) is 2. The first-order chi connectivity index (χ1) is 11.5. The smallest absolute Gasteiger partial charge is 0.227 e. The number of ether oxygens (including phenoxy) is 1. The van der Waals surface area contributed by atoms with Crippen LogP contribution in [0.25, 0.3) is 0 Å². The predicted octanol–water partition coefficient (Wildman–Crippen LogP) is 2.41. The molecule has 0 N–H and O–H groups in total. The maximum Gasteiger partial charge on any atom is 0.227 e. The Hall–Kier alpha value is -0.810. The summed E-state index contributed by atoms with van der Waals surface area (Å²) in [6.07, 6.45) is 7.91. The average Bonchev–Trinajstić information content (AvgIpc) is 2.57. The molecule has 0 spiro atoms. The van der Waals surface area contributed by atoms with Crippen LogP contribution in [0.4, 0.5) is 0 Å². The first kappa shape index (κ1) is 18.0. The summed E-state index contributed by atoms with van der Waals surface area (Å²) < 4.78 is 6.23. The van der Waals surface area contributed by atoms with E-state index in [1.807, 2.05) is 4.90 Å². The summed E-state index contributed by atoms with van der Waals surface area (Å²) in [6, 6.07) is 0. The molecule has 1 saturated carbocycles. The Labute approximate surface area is 149 Å². The number of alkyl halides is 1. The quantitative estimate of drug-likeness (QED) is 0.730. The van der Waals surface area contributed by atoms with E-state index in [0.717, 1.165) is 51.6 Å². The van der Waals surface area contributed by atoms with Crippen molar-refractivity contribution in [3.63, 3.8) is 0 Å². The van der Waals surface area contributed by atoms with Crippen molar-refractivity contribution in [2.45, 2.75) is 69.0 Å². The fourth-order valence-corrected chi connectivity index (χ4v) is 4.52. The minimum absolute atomic E-state index is 0.0273. The summed E-state index contributed by atoms with van der Waals surface area (Å²) >= 11 is 6.24. The lowest BCUT2D eigenvalue weighted by molar-refractivity contribution is -0.144. The maximum atomic E-state index is 12.7. The molecule has 136 valence electrons. The molecule has 0 aromatic carbocycles. The van der Waals surface area contributed by atoms with Gasteiger partial charge in [-0.05, 0) is 44.9 Å². The highest BCUT2D eigenvalue weighted by Gasteiger charge is 2.33. The molecule has 3 atom stereocenters. The molecule has 1 aliphatic carbocycles. The summed E-state index contributed by atoms with van der Waals surface area (Å²) in [4.78, 5) is 27.9. The lowest BCUT2D eigenvalue weighted by Gasteiger charge is -2.38. The highest BCUT2D eigenvalue weighted by atomic mass is 35.5. The van der Waals surface area contributed by atoms with Gasteiger partial charge in [0.1, 0.15) is 0 Å². The third-order valence-corrected chi connectivity index (χ3v) is 6.07. The number of halogens is 1. The molecule has 3 fully saturated rings. The predicted molar refractivity (Wildman–Crippen MR) is 92.9 cm³/mol. The second kappa shape index (κ2) is 8.05. The van der Waals surface area contributed by atoms with Gasteiger partial charge < -0.3 is 14.5 Å². The van der Waals surface area contributed by atoms with Crippen molar-refractivity contribution >= 4 is 23.4 Å². The Kier molecular flexibility index (Phi) is 6.03. The number of carbonyl (C=O) groups is 2. The molecule has 0 radical (unpaired) electrons. The van der Waals surface area contributed by atoms with Crippen molar-refractivity contribution in [3.05, 3.63) is 0 Å². The topological polar surface area (TPSA) is 49.9 Å². The highest BCUT2D eigenvalue weighted by molar-refractivity contribution is 6.20. The molecule has 2 aliphatic heterocycles. The Morgan fingerprint density at radius 3 is 2.54 bits per heavy atom. The first-order valence-corrected chi connectivity index (χ1v) is 9.79. The zero-order valence-electron chi connectivity index (χ0n) is 14.6. The summed E-state index contributed by atoms with van der Waals surface area (Å²) in [5.74, 6) is 0.336. The largest absolute Gasteiger partial charge is 0.375 e.